The van der Waals surface area contributed by atoms with E-state index in [1.54, 1.807) is 0 Å². The molecule has 0 aliphatic heterocycles. The maximum Gasteiger partial charge on any atom is 0.310 e. The molecule has 1 unspecified atom stereocenters. The SMILES string of the molecule is CC/C=C\C/C=C\C/C=C\C/C=C\C/C=C\C/C=C\CCC(=O)OCC(COCCCCCCCCCCCC/C=C\C/C=C\CCCCC)OC(=O)C/C=C\C/C=C\C/C=C\C/C=C\C/C=C\CC. The first-order chi connectivity index (χ1) is 34.6. The minimum absolute atomic E-state index is 0.00641. The van der Waals surface area contributed by atoms with Gasteiger partial charge in [0.25, 0.3) is 0 Å². The third-order valence-electron chi connectivity index (χ3n) is 11.1. The number of ether oxygens (including phenoxy) is 3. The average Bonchev–Trinajstić information content (AvgIpc) is 3.36. The third-order valence-corrected chi connectivity index (χ3v) is 11.1. The Morgan fingerprint density at radius 2 is 0.686 bits per heavy atom. The standard InChI is InChI=1S/C65H102O5/c1-4-7-10-13-16-19-22-25-28-30-32-34-36-39-42-45-48-51-54-57-60-68-61-63(70-65(67)59-56-53-50-47-44-41-37-27-24-21-18-15-12-9-6-3)62-69-64(66)58-55-52-49-46-43-40-38-35-33-31-29-26-23-20-17-14-11-8-5-2/h8-9,11-12,16-21,25-29,33,35,37,40,43-44,47,49,52-53,56,63H,4-7,10,13-15,22-24,30-32,34,36,38-39,41-42,45-46,48,50-51,54-55,57-62H2,1-3H3/b11-8-,12-9-,19-16-,20-17-,21-18-,28-25-,29-26-,35-33-,37-27-,43-40-,47-44-,52-49-,56-53-. The van der Waals surface area contributed by atoms with Crippen molar-refractivity contribution in [1.82, 2.24) is 0 Å². The molecule has 0 N–H and O–H groups in total. The summed E-state index contributed by atoms with van der Waals surface area (Å²) in [5.41, 5.74) is 0. The monoisotopic (exact) mass is 963 g/mol. The molecule has 0 aromatic heterocycles. The van der Waals surface area contributed by atoms with Crippen molar-refractivity contribution in [2.45, 2.75) is 219 Å². The highest BCUT2D eigenvalue weighted by atomic mass is 16.6. The summed E-state index contributed by atoms with van der Waals surface area (Å²) in [5, 5.41) is 0. The summed E-state index contributed by atoms with van der Waals surface area (Å²) < 4.78 is 17.3. The lowest BCUT2D eigenvalue weighted by atomic mass is 10.1. The van der Waals surface area contributed by atoms with Gasteiger partial charge >= 0.3 is 11.9 Å². The highest BCUT2D eigenvalue weighted by molar-refractivity contribution is 5.71. The van der Waals surface area contributed by atoms with Gasteiger partial charge in [-0.3, -0.25) is 9.59 Å². The van der Waals surface area contributed by atoms with Gasteiger partial charge in [0.2, 0.25) is 0 Å². The number of allylic oxidation sites excluding steroid dienone is 25. The highest BCUT2D eigenvalue weighted by Gasteiger charge is 2.17. The molecular formula is C65H102O5. The van der Waals surface area contributed by atoms with Crippen molar-refractivity contribution in [2.24, 2.45) is 0 Å². The Bertz CT molecular complexity index is 1560. The Morgan fingerprint density at radius 3 is 1.10 bits per heavy atom. The van der Waals surface area contributed by atoms with Crippen LogP contribution in [0, 0.1) is 0 Å². The molecule has 0 amide bonds. The van der Waals surface area contributed by atoms with Crippen LogP contribution in [-0.2, 0) is 23.8 Å². The fourth-order valence-electron chi connectivity index (χ4n) is 6.99. The normalized spacial score (nSPS) is 13.5. The third kappa shape index (κ3) is 56.1. The molecule has 5 heteroatoms. The molecule has 70 heavy (non-hydrogen) atoms. The van der Waals surface area contributed by atoms with Crippen molar-refractivity contribution in [3.05, 3.63) is 158 Å². The Labute approximate surface area is 431 Å². The van der Waals surface area contributed by atoms with E-state index in [1.165, 1.54) is 83.5 Å². The van der Waals surface area contributed by atoms with Crippen LogP contribution in [-0.4, -0.2) is 37.9 Å². The predicted octanol–water partition coefficient (Wildman–Crippen LogP) is 19.5. The summed E-state index contributed by atoms with van der Waals surface area (Å²) in [7, 11) is 0. The number of esters is 2. The number of rotatable bonds is 49. The zero-order valence-electron chi connectivity index (χ0n) is 45.0. The van der Waals surface area contributed by atoms with Crippen molar-refractivity contribution in [3.8, 4) is 0 Å². The van der Waals surface area contributed by atoms with E-state index < -0.39 is 6.10 Å². The first kappa shape index (κ1) is 65.5. The van der Waals surface area contributed by atoms with E-state index in [9.17, 15) is 9.59 Å². The summed E-state index contributed by atoms with van der Waals surface area (Å²) in [6.45, 7) is 7.36. The predicted molar refractivity (Wildman–Crippen MR) is 306 cm³/mol. The second-order valence-electron chi connectivity index (χ2n) is 17.7. The lowest BCUT2D eigenvalue weighted by molar-refractivity contribution is -0.162. The molecule has 0 aromatic rings. The molecule has 0 aliphatic carbocycles. The van der Waals surface area contributed by atoms with E-state index in [2.05, 4.69) is 161 Å². The van der Waals surface area contributed by atoms with Gasteiger partial charge in [0.05, 0.1) is 13.0 Å². The van der Waals surface area contributed by atoms with Crippen LogP contribution in [0.4, 0.5) is 0 Å². The molecule has 1 atom stereocenters. The molecule has 0 aliphatic rings. The van der Waals surface area contributed by atoms with E-state index in [-0.39, 0.29) is 38.0 Å². The molecule has 392 valence electrons. The van der Waals surface area contributed by atoms with Crippen molar-refractivity contribution in [2.75, 3.05) is 19.8 Å². The quantitative estimate of drug-likeness (QED) is 0.0345. The molecule has 5 nitrogen and oxygen atoms in total. The van der Waals surface area contributed by atoms with Crippen LogP contribution in [0.25, 0.3) is 0 Å². The minimum Gasteiger partial charge on any atom is -0.462 e. The summed E-state index contributed by atoms with van der Waals surface area (Å²) in [6.07, 6.45) is 87.3. The molecule has 0 bridgehead atoms. The summed E-state index contributed by atoms with van der Waals surface area (Å²) in [4.78, 5) is 25.4. The zero-order chi connectivity index (χ0) is 50.6. The van der Waals surface area contributed by atoms with Crippen molar-refractivity contribution in [1.29, 1.82) is 0 Å². The number of hydrogen-bond acceptors (Lipinski definition) is 5. The maximum absolute atomic E-state index is 12.8. The maximum atomic E-state index is 12.8. The fourth-order valence-corrected chi connectivity index (χ4v) is 6.99. The van der Waals surface area contributed by atoms with Gasteiger partial charge in [0.15, 0.2) is 6.10 Å². The van der Waals surface area contributed by atoms with Gasteiger partial charge in [-0.05, 0) is 116 Å². The lowest BCUT2D eigenvalue weighted by Gasteiger charge is -2.18. The van der Waals surface area contributed by atoms with Crippen molar-refractivity contribution in [3.63, 3.8) is 0 Å². The Kier molecular flexibility index (Phi) is 55.1. The molecule has 0 spiro atoms. The van der Waals surface area contributed by atoms with Crippen LogP contribution < -0.4 is 0 Å². The average molecular weight is 964 g/mol. The first-order valence-electron chi connectivity index (χ1n) is 28.0. The van der Waals surface area contributed by atoms with Crippen LogP contribution in [0.3, 0.4) is 0 Å². The van der Waals surface area contributed by atoms with Gasteiger partial charge in [0, 0.05) is 13.0 Å². The van der Waals surface area contributed by atoms with Crippen molar-refractivity contribution >= 4 is 11.9 Å². The van der Waals surface area contributed by atoms with Crippen LogP contribution in [0.5, 0.6) is 0 Å². The molecule has 0 rings (SSSR count). The van der Waals surface area contributed by atoms with Gasteiger partial charge in [0.1, 0.15) is 6.61 Å². The minimum atomic E-state index is -0.636. The molecule has 0 saturated carbocycles. The van der Waals surface area contributed by atoms with Gasteiger partial charge in [-0.25, -0.2) is 0 Å². The van der Waals surface area contributed by atoms with Gasteiger partial charge in [-0.15, -0.1) is 0 Å². The van der Waals surface area contributed by atoms with Gasteiger partial charge in [-0.2, -0.15) is 0 Å². The van der Waals surface area contributed by atoms with E-state index >= 15 is 0 Å². The Morgan fingerprint density at radius 1 is 0.343 bits per heavy atom. The molecule has 0 fully saturated rings. The first-order valence-corrected chi connectivity index (χ1v) is 28.0. The number of unbranched alkanes of at least 4 members (excludes halogenated alkanes) is 13. The largest absolute Gasteiger partial charge is 0.462 e. The van der Waals surface area contributed by atoms with Crippen LogP contribution in [0.2, 0.25) is 0 Å². The smallest absolute Gasteiger partial charge is 0.310 e. The molecule has 0 radical (unpaired) electrons. The van der Waals surface area contributed by atoms with Crippen LogP contribution in [0.15, 0.2) is 158 Å². The second-order valence-corrected chi connectivity index (χ2v) is 17.7. The molecule has 0 heterocycles. The van der Waals surface area contributed by atoms with Crippen LogP contribution >= 0.6 is 0 Å². The Hall–Kier alpha value is -4.48. The number of hydrogen-bond donors (Lipinski definition) is 0. The summed E-state index contributed by atoms with van der Waals surface area (Å²) in [6, 6.07) is 0. The fraction of sp³-hybridized carbons (Fsp3) is 0.569. The summed E-state index contributed by atoms with van der Waals surface area (Å²) >= 11 is 0. The topological polar surface area (TPSA) is 61.8 Å². The van der Waals surface area contributed by atoms with E-state index in [1.807, 2.05) is 18.2 Å². The van der Waals surface area contributed by atoms with E-state index in [0.29, 0.717) is 13.0 Å². The number of carbonyl (C=O) groups excluding carboxylic acids is 2. The second kappa shape index (κ2) is 58.8. The van der Waals surface area contributed by atoms with Gasteiger partial charge in [-0.1, -0.05) is 243 Å². The van der Waals surface area contributed by atoms with Crippen molar-refractivity contribution < 1.29 is 23.8 Å². The Balaban J connectivity index is 4.51. The van der Waals surface area contributed by atoms with Gasteiger partial charge < -0.3 is 14.2 Å². The highest BCUT2D eigenvalue weighted by Crippen LogP contribution is 2.13. The molecule has 0 saturated heterocycles. The zero-order valence-corrected chi connectivity index (χ0v) is 45.0. The molecular weight excluding hydrogens is 861 g/mol. The summed E-state index contributed by atoms with van der Waals surface area (Å²) in [5.74, 6) is -0.653. The van der Waals surface area contributed by atoms with Crippen LogP contribution in [0.1, 0.15) is 213 Å². The van der Waals surface area contributed by atoms with E-state index in [4.69, 9.17) is 14.2 Å². The number of carbonyl (C=O) groups is 2. The molecule has 0 aromatic carbocycles. The lowest BCUT2D eigenvalue weighted by Crippen LogP contribution is -2.29. The van der Waals surface area contributed by atoms with E-state index in [0.717, 1.165) is 89.9 Å².